The van der Waals surface area contributed by atoms with Crippen LogP contribution >= 0.6 is 11.8 Å². The highest BCUT2D eigenvalue weighted by Gasteiger charge is 2.14. The van der Waals surface area contributed by atoms with Crippen LogP contribution in [-0.2, 0) is 6.54 Å². The molecule has 2 N–H and O–H groups in total. The lowest BCUT2D eigenvalue weighted by molar-refractivity contribution is 0.623. The summed E-state index contributed by atoms with van der Waals surface area (Å²) < 4.78 is 0. The van der Waals surface area contributed by atoms with E-state index < -0.39 is 0 Å². The maximum absolute atomic E-state index is 5.87. The molecule has 0 aliphatic rings. The number of aromatic nitrogens is 2. The number of hydrogen-bond acceptors (Lipinski definition) is 5. The van der Waals surface area contributed by atoms with Crippen LogP contribution in [0, 0.1) is 0 Å². The first-order valence-corrected chi connectivity index (χ1v) is 8.43. The molecule has 0 unspecified atom stereocenters. The van der Waals surface area contributed by atoms with Gasteiger partial charge in [0, 0.05) is 26.5 Å². The number of hydrogen-bond donors (Lipinski definition) is 1. The molecule has 0 atom stereocenters. The summed E-state index contributed by atoms with van der Waals surface area (Å²) in [5, 5.41) is 0.711. The van der Waals surface area contributed by atoms with Crippen LogP contribution < -0.4 is 5.73 Å². The van der Waals surface area contributed by atoms with Gasteiger partial charge in [0.25, 0.3) is 0 Å². The minimum Gasteiger partial charge on any atom is -0.404 e. The van der Waals surface area contributed by atoms with Gasteiger partial charge in [-0.2, -0.15) is 0 Å². The molecule has 1 heterocycles. The maximum Gasteiger partial charge on any atom is 0.187 e. The molecular formula is C17H21N5S. The SMILES string of the molecule is CSc1nccc(C(=CN)C(=NCc2ccccc2)N(C)C)n1. The van der Waals surface area contributed by atoms with E-state index in [2.05, 4.69) is 22.1 Å². The van der Waals surface area contributed by atoms with Crippen LogP contribution in [0.1, 0.15) is 11.3 Å². The fourth-order valence-electron chi connectivity index (χ4n) is 2.08. The first-order chi connectivity index (χ1) is 11.2. The van der Waals surface area contributed by atoms with Crippen LogP contribution in [0.5, 0.6) is 0 Å². The molecule has 0 aliphatic heterocycles. The lowest BCUT2D eigenvalue weighted by Gasteiger charge is -2.18. The lowest BCUT2D eigenvalue weighted by atomic mass is 10.1. The minimum absolute atomic E-state index is 0.589. The molecule has 0 spiro atoms. The van der Waals surface area contributed by atoms with Crippen LogP contribution in [0.25, 0.3) is 5.57 Å². The summed E-state index contributed by atoms with van der Waals surface area (Å²) in [4.78, 5) is 15.4. The van der Waals surface area contributed by atoms with Crippen molar-refractivity contribution >= 4 is 23.2 Å². The van der Waals surface area contributed by atoms with E-state index in [-0.39, 0.29) is 0 Å². The second-order valence-corrected chi connectivity index (χ2v) is 5.80. The van der Waals surface area contributed by atoms with Gasteiger partial charge in [-0.15, -0.1) is 0 Å². The van der Waals surface area contributed by atoms with Gasteiger partial charge in [-0.25, -0.2) is 9.97 Å². The zero-order valence-electron chi connectivity index (χ0n) is 13.6. The van der Waals surface area contributed by atoms with E-state index in [0.717, 1.165) is 22.7 Å². The molecule has 0 saturated heterocycles. The highest BCUT2D eigenvalue weighted by atomic mass is 32.2. The van der Waals surface area contributed by atoms with E-state index >= 15 is 0 Å². The van der Waals surface area contributed by atoms with Crippen molar-refractivity contribution in [3.8, 4) is 0 Å². The molecule has 0 bridgehead atoms. The molecule has 1 aromatic carbocycles. The maximum atomic E-state index is 5.87. The molecule has 0 radical (unpaired) electrons. The Kier molecular flexibility index (Phi) is 6.17. The summed E-state index contributed by atoms with van der Waals surface area (Å²) in [6.07, 6.45) is 5.24. The van der Waals surface area contributed by atoms with Crippen molar-refractivity contribution in [2.75, 3.05) is 20.4 Å². The number of thioether (sulfide) groups is 1. The quantitative estimate of drug-likeness (QED) is 0.396. The van der Waals surface area contributed by atoms with Gasteiger partial charge in [0.2, 0.25) is 0 Å². The topological polar surface area (TPSA) is 67.4 Å². The zero-order valence-corrected chi connectivity index (χ0v) is 14.4. The van der Waals surface area contributed by atoms with Gasteiger partial charge in [0.1, 0.15) is 5.84 Å². The average Bonchev–Trinajstić information content (AvgIpc) is 2.59. The molecule has 0 fully saturated rings. The van der Waals surface area contributed by atoms with Crippen molar-refractivity contribution in [3.05, 3.63) is 60.1 Å². The number of nitrogens with two attached hydrogens (primary N) is 1. The summed E-state index contributed by atoms with van der Waals surface area (Å²) >= 11 is 1.50. The lowest BCUT2D eigenvalue weighted by Crippen LogP contribution is -2.25. The summed E-state index contributed by atoms with van der Waals surface area (Å²) in [5.41, 5.74) is 8.58. The van der Waals surface area contributed by atoms with Crippen LogP contribution in [0.2, 0.25) is 0 Å². The van der Waals surface area contributed by atoms with Crippen LogP contribution in [0.3, 0.4) is 0 Å². The Morgan fingerprint density at radius 2 is 2.00 bits per heavy atom. The molecule has 2 aromatic rings. The summed E-state index contributed by atoms with van der Waals surface area (Å²) in [6.45, 7) is 0.589. The van der Waals surface area contributed by atoms with Crippen LogP contribution in [0.4, 0.5) is 0 Å². The normalized spacial score (nSPS) is 12.3. The number of likely N-dealkylation sites (N-methyl/N-ethyl adjacent to an activating group) is 1. The third kappa shape index (κ3) is 4.56. The Labute approximate surface area is 141 Å². The predicted octanol–water partition coefficient (Wildman–Crippen LogP) is 2.66. The number of amidine groups is 1. The van der Waals surface area contributed by atoms with Crippen molar-refractivity contribution < 1.29 is 0 Å². The smallest absolute Gasteiger partial charge is 0.187 e. The van der Waals surface area contributed by atoms with Crippen molar-refractivity contribution in [2.24, 2.45) is 10.7 Å². The largest absolute Gasteiger partial charge is 0.404 e. The number of rotatable bonds is 5. The third-order valence-electron chi connectivity index (χ3n) is 3.18. The van der Waals surface area contributed by atoms with Gasteiger partial charge in [0.05, 0.1) is 17.8 Å². The Bertz CT molecular complexity index is 695. The van der Waals surface area contributed by atoms with Crippen LogP contribution in [0.15, 0.2) is 58.9 Å². The standard InChI is InChI=1S/C17H21N5S/c1-22(2)16(20-12-13-7-5-4-6-8-13)14(11-18)15-9-10-19-17(21-15)23-3/h4-11H,12,18H2,1-3H3. The minimum atomic E-state index is 0.589. The molecule has 2 rings (SSSR count). The van der Waals surface area contributed by atoms with Gasteiger partial charge >= 0.3 is 0 Å². The molecule has 6 heteroatoms. The second-order valence-electron chi connectivity index (χ2n) is 5.03. The Hall–Kier alpha value is -2.34. The fraction of sp³-hybridized carbons (Fsp3) is 0.235. The number of nitrogens with zero attached hydrogens (tertiary/aromatic N) is 4. The van der Waals surface area contributed by atoms with Gasteiger partial charge in [-0.1, -0.05) is 42.1 Å². The van der Waals surface area contributed by atoms with Crippen molar-refractivity contribution in [2.45, 2.75) is 11.7 Å². The number of benzene rings is 1. The molecule has 5 nitrogen and oxygen atoms in total. The highest BCUT2D eigenvalue weighted by molar-refractivity contribution is 7.98. The molecule has 1 aromatic heterocycles. The van der Waals surface area contributed by atoms with Gasteiger partial charge in [-0.05, 0) is 17.9 Å². The van der Waals surface area contributed by atoms with E-state index in [1.807, 2.05) is 49.5 Å². The Morgan fingerprint density at radius 3 is 2.61 bits per heavy atom. The predicted molar refractivity (Wildman–Crippen MR) is 97.2 cm³/mol. The molecule has 120 valence electrons. The highest BCUT2D eigenvalue weighted by Crippen LogP contribution is 2.17. The monoisotopic (exact) mass is 327 g/mol. The van der Waals surface area contributed by atoms with Crippen LogP contribution in [-0.4, -0.2) is 41.1 Å². The van der Waals surface area contributed by atoms with Crippen molar-refractivity contribution in [1.82, 2.24) is 14.9 Å². The van der Waals surface area contributed by atoms with Crippen molar-refractivity contribution in [3.63, 3.8) is 0 Å². The molecule has 0 saturated carbocycles. The van der Waals surface area contributed by atoms with Gasteiger partial charge < -0.3 is 10.6 Å². The van der Waals surface area contributed by atoms with E-state index in [0.29, 0.717) is 11.7 Å². The van der Waals surface area contributed by atoms with E-state index in [4.69, 9.17) is 10.7 Å². The Balaban J connectivity index is 2.34. The zero-order chi connectivity index (χ0) is 16.7. The summed E-state index contributed by atoms with van der Waals surface area (Å²) in [7, 11) is 3.90. The average molecular weight is 327 g/mol. The fourth-order valence-corrected chi connectivity index (χ4v) is 2.44. The van der Waals surface area contributed by atoms with E-state index in [9.17, 15) is 0 Å². The molecule has 0 aliphatic carbocycles. The molecule has 0 amide bonds. The van der Waals surface area contributed by atoms with E-state index in [1.165, 1.54) is 11.8 Å². The Morgan fingerprint density at radius 1 is 1.26 bits per heavy atom. The third-order valence-corrected chi connectivity index (χ3v) is 3.74. The number of aliphatic imine (C=N–C) groups is 1. The van der Waals surface area contributed by atoms with Gasteiger partial charge in [-0.3, -0.25) is 4.99 Å². The van der Waals surface area contributed by atoms with Crippen molar-refractivity contribution in [1.29, 1.82) is 0 Å². The molecular weight excluding hydrogens is 306 g/mol. The first kappa shape index (κ1) is 17.0. The second kappa shape index (κ2) is 8.33. The summed E-state index contributed by atoms with van der Waals surface area (Å²) in [6, 6.07) is 12.0. The summed E-state index contributed by atoms with van der Waals surface area (Å²) in [5.74, 6) is 0.794. The molecule has 23 heavy (non-hydrogen) atoms. The van der Waals surface area contributed by atoms with Gasteiger partial charge in [0.15, 0.2) is 5.16 Å². The van der Waals surface area contributed by atoms with E-state index in [1.54, 1.807) is 12.4 Å². The first-order valence-electron chi connectivity index (χ1n) is 7.21.